The van der Waals surface area contributed by atoms with Crippen LogP contribution in [0.25, 0.3) is 0 Å². The number of nitrogens with one attached hydrogen (secondary N) is 1. The van der Waals surface area contributed by atoms with Gasteiger partial charge in [-0.1, -0.05) is 11.6 Å². The molecular formula is C20H22ClN3O4. The first-order chi connectivity index (χ1) is 13.4. The van der Waals surface area contributed by atoms with Crippen LogP contribution in [0, 0.1) is 17.3 Å². The highest BCUT2D eigenvalue weighted by molar-refractivity contribution is 6.32. The number of carbonyl (C=O) groups is 1. The molecule has 4 aliphatic rings. The Morgan fingerprint density at radius 3 is 2.75 bits per heavy atom. The number of furan rings is 1. The number of halogens is 1. The SMILES string of the molecule is O=C(O)C12C[C@H]3C[C@@H](C1)CC(n1ncc(NCc4ccco4)c(Cl)c1=O)(C3)C2. The first-order valence-corrected chi connectivity index (χ1v) is 10.1. The number of anilines is 1. The van der Waals surface area contributed by atoms with Crippen molar-refractivity contribution in [2.75, 3.05) is 5.32 Å². The van der Waals surface area contributed by atoms with Crippen molar-refractivity contribution in [2.24, 2.45) is 17.3 Å². The van der Waals surface area contributed by atoms with Crippen LogP contribution >= 0.6 is 11.6 Å². The van der Waals surface area contributed by atoms with E-state index in [0.29, 0.717) is 43.3 Å². The van der Waals surface area contributed by atoms with Crippen molar-refractivity contribution >= 4 is 23.3 Å². The van der Waals surface area contributed by atoms with Crippen LogP contribution in [-0.2, 0) is 16.9 Å². The molecule has 4 bridgehead atoms. The monoisotopic (exact) mass is 403 g/mol. The summed E-state index contributed by atoms with van der Waals surface area (Å²) in [5, 5.41) is 17.5. The molecule has 4 aliphatic carbocycles. The summed E-state index contributed by atoms with van der Waals surface area (Å²) >= 11 is 6.39. The normalized spacial score (nSPS) is 33.2. The van der Waals surface area contributed by atoms with E-state index >= 15 is 0 Å². The van der Waals surface area contributed by atoms with E-state index in [2.05, 4.69) is 10.4 Å². The number of aromatic nitrogens is 2. The summed E-state index contributed by atoms with van der Waals surface area (Å²) in [6.45, 7) is 0.398. The molecule has 6 rings (SSSR count). The highest BCUT2D eigenvalue weighted by Gasteiger charge is 2.62. The third-order valence-electron chi connectivity index (χ3n) is 6.89. The van der Waals surface area contributed by atoms with E-state index < -0.39 is 16.9 Å². The maximum Gasteiger partial charge on any atom is 0.309 e. The summed E-state index contributed by atoms with van der Waals surface area (Å²) in [4.78, 5) is 25.2. The molecule has 0 aliphatic heterocycles. The van der Waals surface area contributed by atoms with E-state index in [-0.39, 0.29) is 10.6 Å². The van der Waals surface area contributed by atoms with E-state index in [1.807, 2.05) is 6.07 Å². The first kappa shape index (κ1) is 17.8. The lowest BCUT2D eigenvalue weighted by Crippen LogP contribution is -2.61. The van der Waals surface area contributed by atoms with Gasteiger partial charge in [-0.05, 0) is 62.5 Å². The van der Waals surface area contributed by atoms with Gasteiger partial charge in [0.15, 0.2) is 0 Å². The zero-order valence-electron chi connectivity index (χ0n) is 15.4. The Morgan fingerprint density at radius 1 is 1.36 bits per heavy atom. The average molecular weight is 404 g/mol. The van der Waals surface area contributed by atoms with Crippen LogP contribution in [0.15, 0.2) is 33.8 Å². The predicted molar refractivity (Wildman–Crippen MR) is 102 cm³/mol. The number of aliphatic carboxylic acids is 1. The fraction of sp³-hybridized carbons (Fsp3) is 0.550. The highest BCUT2D eigenvalue weighted by atomic mass is 35.5. The number of hydrogen-bond acceptors (Lipinski definition) is 5. The maximum atomic E-state index is 13.1. The van der Waals surface area contributed by atoms with E-state index in [9.17, 15) is 14.7 Å². The Labute approximate surface area is 166 Å². The van der Waals surface area contributed by atoms with E-state index in [0.717, 1.165) is 25.0 Å². The number of carboxylic acids is 1. The Morgan fingerprint density at radius 2 is 2.11 bits per heavy atom. The Balaban J connectivity index is 1.49. The lowest BCUT2D eigenvalue weighted by Gasteiger charge is -2.60. The molecule has 0 radical (unpaired) electrons. The van der Waals surface area contributed by atoms with Crippen LogP contribution in [0.2, 0.25) is 5.02 Å². The van der Waals surface area contributed by atoms with Gasteiger partial charge in [0.1, 0.15) is 10.8 Å². The molecule has 148 valence electrons. The molecule has 2 heterocycles. The van der Waals surface area contributed by atoms with Gasteiger partial charge in [0.25, 0.3) is 5.56 Å². The highest BCUT2D eigenvalue weighted by Crippen LogP contribution is 2.63. The molecule has 2 aromatic rings. The average Bonchev–Trinajstić information content (AvgIpc) is 3.15. The molecule has 0 aromatic carbocycles. The Bertz CT molecular complexity index is 970. The first-order valence-electron chi connectivity index (χ1n) is 9.69. The lowest BCUT2D eigenvalue weighted by atomic mass is 9.47. The summed E-state index contributed by atoms with van der Waals surface area (Å²) in [5.74, 6) is 0.662. The number of nitrogens with zero attached hydrogens (tertiary/aromatic N) is 2. The minimum atomic E-state index is -0.734. The quantitative estimate of drug-likeness (QED) is 0.793. The van der Waals surface area contributed by atoms with Crippen LogP contribution in [0.3, 0.4) is 0 Å². The topological polar surface area (TPSA) is 97.4 Å². The third-order valence-corrected chi connectivity index (χ3v) is 7.25. The second-order valence-corrected chi connectivity index (χ2v) is 9.17. The van der Waals surface area contributed by atoms with Gasteiger partial charge in [0.05, 0.1) is 35.6 Å². The molecule has 28 heavy (non-hydrogen) atoms. The van der Waals surface area contributed by atoms with Gasteiger partial charge < -0.3 is 14.8 Å². The van der Waals surface area contributed by atoms with E-state index in [1.54, 1.807) is 18.5 Å². The smallest absolute Gasteiger partial charge is 0.309 e. The van der Waals surface area contributed by atoms with Crippen molar-refractivity contribution in [2.45, 2.75) is 50.6 Å². The van der Waals surface area contributed by atoms with Gasteiger partial charge in [-0.15, -0.1) is 0 Å². The Hall–Kier alpha value is -2.28. The summed E-state index contributed by atoms with van der Waals surface area (Å²) in [6, 6.07) is 3.62. The number of hydrogen-bond donors (Lipinski definition) is 2. The standard InChI is InChI=1S/C20H22ClN3O4/c21-16-15(22-9-14-2-1-3-28-14)10-23-24(17(16)25)20-7-12-4-13(8-20)6-19(5-12,11-20)18(26)27/h1-3,10,12-13,22H,4-9,11H2,(H,26,27)/t12-,13+,19?,20?. The molecule has 2 unspecified atom stereocenters. The van der Waals surface area contributed by atoms with Gasteiger partial charge in [0.2, 0.25) is 0 Å². The fourth-order valence-electron chi connectivity index (χ4n) is 6.20. The van der Waals surface area contributed by atoms with E-state index in [4.69, 9.17) is 16.0 Å². The van der Waals surface area contributed by atoms with Gasteiger partial charge in [-0.3, -0.25) is 9.59 Å². The maximum absolute atomic E-state index is 13.1. The largest absolute Gasteiger partial charge is 0.481 e. The van der Waals surface area contributed by atoms with Crippen LogP contribution in [0.4, 0.5) is 5.69 Å². The molecule has 0 amide bonds. The zero-order valence-corrected chi connectivity index (χ0v) is 16.1. The summed E-state index contributed by atoms with van der Waals surface area (Å²) < 4.78 is 6.77. The van der Waals surface area contributed by atoms with Gasteiger partial charge in [-0.25, -0.2) is 4.68 Å². The molecule has 8 heteroatoms. The van der Waals surface area contributed by atoms with Crippen molar-refractivity contribution in [3.63, 3.8) is 0 Å². The molecule has 0 saturated heterocycles. The van der Waals surface area contributed by atoms with Crippen LogP contribution in [0.5, 0.6) is 0 Å². The van der Waals surface area contributed by atoms with Crippen molar-refractivity contribution < 1.29 is 14.3 Å². The van der Waals surface area contributed by atoms with Crippen LogP contribution < -0.4 is 10.9 Å². The van der Waals surface area contributed by atoms with Crippen LogP contribution in [0.1, 0.15) is 44.3 Å². The minimum Gasteiger partial charge on any atom is -0.481 e. The molecule has 0 spiro atoms. The van der Waals surface area contributed by atoms with Gasteiger partial charge in [-0.2, -0.15) is 5.10 Å². The summed E-state index contributed by atoms with van der Waals surface area (Å²) in [7, 11) is 0. The molecule has 2 aromatic heterocycles. The molecule has 4 atom stereocenters. The third kappa shape index (κ3) is 2.59. The molecular weight excluding hydrogens is 382 g/mol. The van der Waals surface area contributed by atoms with Crippen molar-refractivity contribution in [3.05, 3.63) is 45.7 Å². The predicted octanol–water partition coefficient (Wildman–Crippen LogP) is 3.48. The van der Waals surface area contributed by atoms with Gasteiger partial charge in [0, 0.05) is 0 Å². The minimum absolute atomic E-state index is 0.0849. The van der Waals surface area contributed by atoms with Crippen molar-refractivity contribution in [1.82, 2.24) is 9.78 Å². The summed E-state index contributed by atoms with van der Waals surface area (Å²) in [5.41, 5.74) is -1.16. The molecule has 4 fully saturated rings. The molecule has 2 N–H and O–H groups in total. The second kappa shape index (κ2) is 6.11. The van der Waals surface area contributed by atoms with Crippen LogP contribution in [-0.4, -0.2) is 20.9 Å². The summed E-state index contributed by atoms with van der Waals surface area (Å²) in [6.07, 6.45) is 7.71. The number of rotatable bonds is 5. The number of carboxylic acid groups (broad SMARTS) is 1. The van der Waals surface area contributed by atoms with E-state index in [1.165, 1.54) is 4.68 Å². The second-order valence-electron chi connectivity index (χ2n) is 8.79. The Kier molecular flexibility index (Phi) is 3.88. The van der Waals surface area contributed by atoms with Crippen molar-refractivity contribution in [1.29, 1.82) is 0 Å². The molecule has 4 saturated carbocycles. The van der Waals surface area contributed by atoms with Crippen molar-refractivity contribution in [3.8, 4) is 0 Å². The lowest BCUT2D eigenvalue weighted by molar-refractivity contribution is -0.173. The zero-order chi connectivity index (χ0) is 19.5. The molecule has 7 nitrogen and oxygen atoms in total. The fourth-order valence-corrected chi connectivity index (χ4v) is 6.40. The van der Waals surface area contributed by atoms with Gasteiger partial charge >= 0.3 is 5.97 Å².